The SMILES string of the molecule is COC(=O)[C@H]1C[C@@H]2C[C@@]1(C)CC2=O. The average Bonchev–Trinajstić information content (AvgIpc) is 2.54. The van der Waals surface area contributed by atoms with E-state index in [2.05, 4.69) is 0 Å². The van der Waals surface area contributed by atoms with Gasteiger partial charge in [0.1, 0.15) is 5.78 Å². The standard InChI is InChI=1S/C10H14O3/c1-10-4-6(8(11)5-10)3-7(10)9(12)13-2/h6-7H,3-5H2,1-2H3/t6-,7-,10+/m1/s1. The highest BCUT2D eigenvalue weighted by Gasteiger charge is 2.56. The minimum Gasteiger partial charge on any atom is -0.469 e. The molecular formula is C10H14O3. The summed E-state index contributed by atoms with van der Waals surface area (Å²) < 4.78 is 4.74. The van der Waals surface area contributed by atoms with Gasteiger partial charge in [0.15, 0.2) is 0 Å². The molecule has 3 atom stereocenters. The van der Waals surface area contributed by atoms with Crippen LogP contribution in [-0.2, 0) is 14.3 Å². The van der Waals surface area contributed by atoms with E-state index in [1.165, 1.54) is 7.11 Å². The van der Waals surface area contributed by atoms with E-state index in [4.69, 9.17) is 4.74 Å². The molecule has 0 spiro atoms. The summed E-state index contributed by atoms with van der Waals surface area (Å²) >= 11 is 0. The first-order chi connectivity index (χ1) is 6.07. The second kappa shape index (κ2) is 2.56. The summed E-state index contributed by atoms with van der Waals surface area (Å²) in [5.74, 6) is 0.287. The number of Topliss-reactive ketones (excluding diaryl/α,β-unsaturated/α-hetero) is 1. The number of methoxy groups -OCH3 is 1. The van der Waals surface area contributed by atoms with Gasteiger partial charge in [0, 0.05) is 12.3 Å². The van der Waals surface area contributed by atoms with Crippen molar-refractivity contribution in [2.45, 2.75) is 26.2 Å². The van der Waals surface area contributed by atoms with Crippen molar-refractivity contribution in [3.8, 4) is 0 Å². The van der Waals surface area contributed by atoms with Crippen LogP contribution in [-0.4, -0.2) is 18.9 Å². The monoisotopic (exact) mass is 182 g/mol. The number of ether oxygens (including phenoxy) is 1. The van der Waals surface area contributed by atoms with Gasteiger partial charge in [0.2, 0.25) is 0 Å². The van der Waals surface area contributed by atoms with E-state index in [1.807, 2.05) is 6.92 Å². The van der Waals surface area contributed by atoms with Gasteiger partial charge >= 0.3 is 5.97 Å². The minimum atomic E-state index is -0.141. The zero-order valence-electron chi connectivity index (χ0n) is 8.00. The number of carbonyl (C=O) groups excluding carboxylic acids is 2. The number of carbonyl (C=O) groups is 2. The summed E-state index contributed by atoms with van der Waals surface area (Å²) in [6, 6.07) is 0. The number of hydrogen-bond acceptors (Lipinski definition) is 3. The molecule has 0 aromatic heterocycles. The first-order valence-corrected chi connectivity index (χ1v) is 4.67. The summed E-state index contributed by atoms with van der Waals surface area (Å²) in [7, 11) is 1.42. The van der Waals surface area contributed by atoms with Crippen molar-refractivity contribution < 1.29 is 14.3 Å². The van der Waals surface area contributed by atoms with Crippen LogP contribution in [0, 0.1) is 17.3 Å². The predicted molar refractivity (Wildman–Crippen MR) is 46.0 cm³/mol. The van der Waals surface area contributed by atoms with Crippen LogP contribution in [0.1, 0.15) is 26.2 Å². The van der Waals surface area contributed by atoms with Crippen LogP contribution in [0.15, 0.2) is 0 Å². The van der Waals surface area contributed by atoms with Crippen LogP contribution in [0.25, 0.3) is 0 Å². The zero-order chi connectivity index (χ0) is 9.64. The van der Waals surface area contributed by atoms with Gasteiger partial charge < -0.3 is 4.74 Å². The number of ketones is 1. The number of hydrogen-bond donors (Lipinski definition) is 0. The fraction of sp³-hybridized carbons (Fsp3) is 0.800. The van der Waals surface area contributed by atoms with E-state index in [-0.39, 0.29) is 23.2 Å². The molecule has 2 rings (SSSR count). The lowest BCUT2D eigenvalue weighted by Crippen LogP contribution is -2.32. The molecule has 2 aliphatic rings. The van der Waals surface area contributed by atoms with E-state index in [0.717, 1.165) is 6.42 Å². The van der Waals surface area contributed by atoms with Crippen LogP contribution < -0.4 is 0 Å². The van der Waals surface area contributed by atoms with E-state index in [0.29, 0.717) is 18.6 Å². The summed E-state index contributed by atoms with van der Waals surface area (Å²) in [5.41, 5.74) is -0.102. The number of fused-ring (bicyclic) bond motifs is 2. The fourth-order valence-electron chi connectivity index (χ4n) is 2.86. The third kappa shape index (κ3) is 1.10. The van der Waals surface area contributed by atoms with Crippen LogP contribution in [0.4, 0.5) is 0 Å². The van der Waals surface area contributed by atoms with Crippen LogP contribution in [0.2, 0.25) is 0 Å². The average molecular weight is 182 g/mol. The van der Waals surface area contributed by atoms with Gasteiger partial charge in [0.25, 0.3) is 0 Å². The Morgan fingerprint density at radius 3 is 2.69 bits per heavy atom. The molecule has 0 amide bonds. The molecule has 2 fully saturated rings. The maximum Gasteiger partial charge on any atom is 0.309 e. The number of rotatable bonds is 1. The molecule has 3 nitrogen and oxygen atoms in total. The van der Waals surface area contributed by atoms with Crippen molar-refractivity contribution >= 4 is 11.8 Å². The molecule has 0 aromatic carbocycles. The largest absolute Gasteiger partial charge is 0.469 e. The normalized spacial score (nSPS) is 42.5. The van der Waals surface area contributed by atoms with Crippen molar-refractivity contribution in [1.82, 2.24) is 0 Å². The molecule has 0 heterocycles. The second-order valence-electron chi connectivity index (χ2n) is 4.51. The molecule has 0 aliphatic heterocycles. The van der Waals surface area contributed by atoms with Gasteiger partial charge in [-0.2, -0.15) is 0 Å². The molecule has 3 heteroatoms. The van der Waals surface area contributed by atoms with Crippen LogP contribution in [0.3, 0.4) is 0 Å². The van der Waals surface area contributed by atoms with E-state index in [9.17, 15) is 9.59 Å². The highest BCUT2D eigenvalue weighted by atomic mass is 16.5. The zero-order valence-corrected chi connectivity index (χ0v) is 8.00. The summed E-state index contributed by atoms with van der Waals surface area (Å²) in [6.07, 6.45) is 2.16. The second-order valence-corrected chi connectivity index (χ2v) is 4.51. The lowest BCUT2D eigenvalue weighted by atomic mass is 9.76. The quantitative estimate of drug-likeness (QED) is 0.571. The molecule has 2 aliphatic carbocycles. The minimum absolute atomic E-state index is 0.0415. The Bertz CT molecular complexity index is 271. The molecule has 0 saturated heterocycles. The van der Waals surface area contributed by atoms with Crippen molar-refractivity contribution in [2.75, 3.05) is 7.11 Å². The highest BCUT2D eigenvalue weighted by molar-refractivity contribution is 5.88. The van der Waals surface area contributed by atoms with Gasteiger partial charge in [-0.3, -0.25) is 9.59 Å². The molecule has 0 aromatic rings. The maximum absolute atomic E-state index is 11.4. The lowest BCUT2D eigenvalue weighted by molar-refractivity contribution is -0.150. The fourth-order valence-corrected chi connectivity index (χ4v) is 2.86. The van der Waals surface area contributed by atoms with Crippen molar-refractivity contribution in [3.63, 3.8) is 0 Å². The lowest BCUT2D eigenvalue weighted by Gasteiger charge is -2.28. The van der Waals surface area contributed by atoms with Gasteiger partial charge in [0.05, 0.1) is 13.0 Å². The molecule has 72 valence electrons. The van der Waals surface area contributed by atoms with Gasteiger partial charge in [-0.15, -0.1) is 0 Å². The first kappa shape index (κ1) is 8.73. The van der Waals surface area contributed by atoms with Crippen molar-refractivity contribution in [1.29, 1.82) is 0 Å². The Morgan fingerprint density at radius 2 is 2.31 bits per heavy atom. The molecule has 0 radical (unpaired) electrons. The van der Waals surface area contributed by atoms with Gasteiger partial charge in [-0.1, -0.05) is 6.92 Å². The van der Waals surface area contributed by atoms with Gasteiger partial charge in [-0.05, 0) is 18.3 Å². The molecule has 2 bridgehead atoms. The predicted octanol–water partition coefficient (Wildman–Crippen LogP) is 1.16. The van der Waals surface area contributed by atoms with E-state index >= 15 is 0 Å². The first-order valence-electron chi connectivity index (χ1n) is 4.67. The Hall–Kier alpha value is -0.860. The van der Waals surface area contributed by atoms with Gasteiger partial charge in [-0.25, -0.2) is 0 Å². The van der Waals surface area contributed by atoms with E-state index in [1.54, 1.807) is 0 Å². The maximum atomic E-state index is 11.4. The Kier molecular flexibility index (Phi) is 1.72. The third-order valence-electron chi connectivity index (χ3n) is 3.59. The van der Waals surface area contributed by atoms with Crippen molar-refractivity contribution in [2.24, 2.45) is 17.3 Å². The molecule has 0 unspecified atom stereocenters. The van der Waals surface area contributed by atoms with Crippen LogP contribution in [0.5, 0.6) is 0 Å². The highest BCUT2D eigenvalue weighted by Crippen LogP contribution is 2.55. The molecular weight excluding hydrogens is 168 g/mol. The Labute approximate surface area is 77.4 Å². The van der Waals surface area contributed by atoms with Crippen LogP contribution >= 0.6 is 0 Å². The Morgan fingerprint density at radius 1 is 1.62 bits per heavy atom. The third-order valence-corrected chi connectivity index (χ3v) is 3.59. The summed E-state index contributed by atoms with van der Waals surface area (Å²) in [6.45, 7) is 2.03. The van der Waals surface area contributed by atoms with E-state index < -0.39 is 0 Å². The topological polar surface area (TPSA) is 43.4 Å². The molecule has 0 N–H and O–H groups in total. The summed E-state index contributed by atoms with van der Waals surface area (Å²) in [4.78, 5) is 22.7. The summed E-state index contributed by atoms with van der Waals surface area (Å²) in [5, 5.41) is 0. The Balaban J connectivity index is 2.20. The molecule has 13 heavy (non-hydrogen) atoms. The molecule has 2 saturated carbocycles. The number of esters is 1. The smallest absolute Gasteiger partial charge is 0.309 e. The van der Waals surface area contributed by atoms with Crippen molar-refractivity contribution in [3.05, 3.63) is 0 Å².